The van der Waals surface area contributed by atoms with Gasteiger partial charge in [-0.25, -0.2) is 9.78 Å². The number of aryl methyl sites for hydroxylation is 1. The summed E-state index contributed by atoms with van der Waals surface area (Å²) in [5.74, 6) is 0.265. The van der Waals surface area contributed by atoms with E-state index in [1.54, 1.807) is 17.0 Å². The second-order valence-electron chi connectivity index (χ2n) is 8.76. The summed E-state index contributed by atoms with van der Waals surface area (Å²) in [6.45, 7) is 4.26. The van der Waals surface area contributed by atoms with Gasteiger partial charge in [-0.3, -0.25) is 28.8 Å². The van der Waals surface area contributed by atoms with Crippen LogP contribution in [0.5, 0.6) is 0 Å². The quantitative estimate of drug-likeness (QED) is 0.339. The molecular formula is C28H26N6O3. The average Bonchev–Trinajstić information content (AvgIpc) is 3.38. The number of nitrogens with one attached hydrogen (secondary N) is 1. The van der Waals surface area contributed by atoms with Crippen LogP contribution < -0.4 is 11.3 Å². The molecule has 0 radical (unpaired) electrons. The number of hydrogen-bond donors (Lipinski definition) is 1. The molecule has 0 saturated carbocycles. The Morgan fingerprint density at radius 1 is 0.946 bits per heavy atom. The minimum absolute atomic E-state index is 0.0776. The van der Waals surface area contributed by atoms with Gasteiger partial charge in [-0.05, 0) is 43.5 Å². The number of aromatic amines is 1. The van der Waals surface area contributed by atoms with E-state index < -0.39 is 5.76 Å². The molecule has 186 valence electrons. The van der Waals surface area contributed by atoms with Crippen LogP contribution in [-0.2, 0) is 13.0 Å². The fourth-order valence-corrected chi connectivity index (χ4v) is 4.24. The molecule has 37 heavy (non-hydrogen) atoms. The van der Waals surface area contributed by atoms with Crippen molar-refractivity contribution in [3.05, 3.63) is 105 Å². The van der Waals surface area contributed by atoms with Gasteiger partial charge in [0.05, 0.1) is 17.9 Å². The zero-order chi connectivity index (χ0) is 25.8. The lowest BCUT2D eigenvalue weighted by Crippen LogP contribution is -2.28. The minimum atomic E-state index is -0.619. The number of benzene rings is 1. The molecule has 4 heterocycles. The number of hydrogen-bond acceptors (Lipinski definition) is 7. The summed E-state index contributed by atoms with van der Waals surface area (Å²) in [6, 6.07) is 16.9. The first-order valence-corrected chi connectivity index (χ1v) is 12.2. The molecule has 0 bridgehead atoms. The molecule has 9 nitrogen and oxygen atoms in total. The lowest BCUT2D eigenvalue weighted by molar-refractivity contribution is 0.388. The van der Waals surface area contributed by atoms with Gasteiger partial charge in [-0.1, -0.05) is 54.9 Å². The Hall–Kier alpha value is -4.66. The van der Waals surface area contributed by atoms with Crippen LogP contribution in [0, 0.1) is 6.92 Å². The minimum Gasteiger partial charge on any atom is -0.296 e. The van der Waals surface area contributed by atoms with Gasteiger partial charge in [0.25, 0.3) is 5.56 Å². The highest BCUT2D eigenvalue weighted by Gasteiger charge is 2.17. The SMILES string of the molecule is CCCCc1nc(-c2ccccn2)n(Cc2ccc(-c3ccccc3-c3noc(=O)[nH]3)nc2)c(=O)c1C. The lowest BCUT2D eigenvalue weighted by atomic mass is 10.0. The molecule has 0 saturated heterocycles. The Morgan fingerprint density at radius 3 is 2.43 bits per heavy atom. The second kappa shape index (κ2) is 10.5. The molecule has 4 aromatic heterocycles. The van der Waals surface area contributed by atoms with E-state index in [0.717, 1.165) is 36.1 Å². The summed E-state index contributed by atoms with van der Waals surface area (Å²) in [4.78, 5) is 41.5. The van der Waals surface area contributed by atoms with Crippen molar-refractivity contribution in [1.29, 1.82) is 0 Å². The maximum absolute atomic E-state index is 13.5. The monoisotopic (exact) mass is 494 g/mol. The number of nitrogens with zero attached hydrogens (tertiary/aromatic N) is 5. The molecule has 5 rings (SSSR count). The molecule has 0 spiro atoms. The predicted molar refractivity (Wildman–Crippen MR) is 140 cm³/mol. The lowest BCUT2D eigenvalue weighted by Gasteiger charge is -2.16. The third-order valence-electron chi connectivity index (χ3n) is 6.22. The van der Waals surface area contributed by atoms with Crippen LogP contribution in [0.1, 0.15) is 36.6 Å². The first-order chi connectivity index (χ1) is 18.0. The van der Waals surface area contributed by atoms with Crippen molar-refractivity contribution >= 4 is 0 Å². The molecule has 5 aromatic rings. The van der Waals surface area contributed by atoms with E-state index in [1.165, 1.54) is 0 Å². The zero-order valence-electron chi connectivity index (χ0n) is 20.6. The van der Waals surface area contributed by atoms with Gasteiger partial charge in [0.2, 0.25) is 0 Å². The summed E-state index contributed by atoms with van der Waals surface area (Å²) in [5.41, 5.74) is 5.09. The third-order valence-corrected chi connectivity index (χ3v) is 6.22. The van der Waals surface area contributed by atoms with Crippen LogP contribution in [0.3, 0.4) is 0 Å². The summed E-state index contributed by atoms with van der Waals surface area (Å²) < 4.78 is 6.33. The smallest absolute Gasteiger partial charge is 0.296 e. The van der Waals surface area contributed by atoms with E-state index in [4.69, 9.17) is 4.98 Å². The summed E-state index contributed by atoms with van der Waals surface area (Å²) >= 11 is 0. The van der Waals surface area contributed by atoms with E-state index in [9.17, 15) is 9.59 Å². The standard InChI is InChI=1S/C28H26N6O3/c1-3-4-11-22-18(2)27(35)34(26(31-22)24-12-7-8-15-29-24)17-19-13-14-23(30-16-19)20-9-5-6-10-21(20)25-32-28(36)37-33-25/h5-10,12-16H,3-4,11,17H2,1-2H3,(H,32,33,36). The van der Waals surface area contributed by atoms with Crippen molar-refractivity contribution in [1.82, 2.24) is 29.7 Å². The van der Waals surface area contributed by atoms with Gasteiger partial charge < -0.3 is 0 Å². The van der Waals surface area contributed by atoms with Crippen LogP contribution >= 0.6 is 0 Å². The summed E-state index contributed by atoms with van der Waals surface area (Å²) in [5, 5.41) is 3.81. The highest BCUT2D eigenvalue weighted by Crippen LogP contribution is 2.28. The highest BCUT2D eigenvalue weighted by molar-refractivity contribution is 5.78. The molecule has 1 aromatic carbocycles. The van der Waals surface area contributed by atoms with Crippen LogP contribution in [0.15, 0.2) is 81.1 Å². The van der Waals surface area contributed by atoms with Crippen molar-refractivity contribution in [3.63, 3.8) is 0 Å². The Kier molecular flexibility index (Phi) is 6.85. The summed E-state index contributed by atoms with van der Waals surface area (Å²) in [7, 11) is 0. The predicted octanol–water partition coefficient (Wildman–Crippen LogP) is 4.41. The van der Waals surface area contributed by atoms with Gasteiger partial charge in [0.1, 0.15) is 5.69 Å². The van der Waals surface area contributed by atoms with E-state index in [0.29, 0.717) is 40.7 Å². The molecule has 0 aliphatic rings. The maximum Gasteiger partial charge on any atom is 0.439 e. The first-order valence-electron chi connectivity index (χ1n) is 12.2. The van der Waals surface area contributed by atoms with Crippen molar-refractivity contribution in [2.24, 2.45) is 0 Å². The van der Waals surface area contributed by atoms with Gasteiger partial charge in [0, 0.05) is 29.1 Å². The molecule has 0 atom stereocenters. The Balaban J connectivity index is 1.51. The Labute approximate surface area is 212 Å². The molecule has 0 aliphatic heterocycles. The van der Waals surface area contributed by atoms with E-state index in [2.05, 4.69) is 31.6 Å². The number of unbranched alkanes of at least 4 members (excludes halogenated alkanes) is 1. The average molecular weight is 495 g/mol. The Morgan fingerprint density at radius 2 is 1.76 bits per heavy atom. The van der Waals surface area contributed by atoms with Gasteiger partial charge >= 0.3 is 5.76 Å². The maximum atomic E-state index is 13.5. The molecule has 9 heteroatoms. The molecular weight excluding hydrogens is 468 g/mol. The third kappa shape index (κ3) is 5.02. The molecule has 0 amide bonds. The van der Waals surface area contributed by atoms with Crippen LogP contribution in [0.2, 0.25) is 0 Å². The highest BCUT2D eigenvalue weighted by atomic mass is 16.5. The van der Waals surface area contributed by atoms with Crippen LogP contribution in [0.25, 0.3) is 34.2 Å². The number of aromatic nitrogens is 6. The molecule has 1 N–H and O–H groups in total. The molecule has 0 aliphatic carbocycles. The van der Waals surface area contributed by atoms with Crippen LogP contribution in [0.4, 0.5) is 0 Å². The van der Waals surface area contributed by atoms with Crippen LogP contribution in [-0.4, -0.2) is 29.7 Å². The largest absolute Gasteiger partial charge is 0.439 e. The van der Waals surface area contributed by atoms with E-state index in [-0.39, 0.29) is 5.56 Å². The zero-order valence-corrected chi connectivity index (χ0v) is 20.6. The number of H-pyrrole nitrogens is 1. The Bertz CT molecular complexity index is 1640. The molecule has 0 fully saturated rings. The van der Waals surface area contributed by atoms with E-state index in [1.807, 2.05) is 61.5 Å². The molecule has 0 unspecified atom stereocenters. The number of pyridine rings is 2. The van der Waals surface area contributed by atoms with Crippen molar-refractivity contribution in [3.8, 4) is 34.2 Å². The van der Waals surface area contributed by atoms with Crippen molar-refractivity contribution < 1.29 is 4.52 Å². The van der Waals surface area contributed by atoms with Crippen molar-refractivity contribution in [2.75, 3.05) is 0 Å². The second-order valence-corrected chi connectivity index (χ2v) is 8.76. The van der Waals surface area contributed by atoms with Gasteiger partial charge in [-0.2, -0.15) is 0 Å². The fourth-order valence-electron chi connectivity index (χ4n) is 4.24. The topological polar surface area (TPSA) is 120 Å². The van der Waals surface area contributed by atoms with Gasteiger partial charge in [0.15, 0.2) is 11.6 Å². The normalized spacial score (nSPS) is 11.1. The van der Waals surface area contributed by atoms with E-state index >= 15 is 0 Å². The number of rotatable bonds is 8. The van der Waals surface area contributed by atoms with Crippen molar-refractivity contribution in [2.45, 2.75) is 39.7 Å². The summed E-state index contributed by atoms with van der Waals surface area (Å²) in [6.07, 6.45) is 6.19. The first kappa shape index (κ1) is 24.1. The fraction of sp³-hybridized carbons (Fsp3) is 0.214. The van der Waals surface area contributed by atoms with Gasteiger partial charge in [-0.15, -0.1) is 0 Å².